The van der Waals surface area contributed by atoms with E-state index in [0.29, 0.717) is 39.6 Å². The molecular weight excluding hydrogens is 533 g/mol. The summed E-state index contributed by atoms with van der Waals surface area (Å²) in [5, 5.41) is 3.55. The van der Waals surface area contributed by atoms with Crippen LogP contribution in [0.4, 0.5) is 19.0 Å². The lowest BCUT2D eigenvalue weighted by atomic mass is 10.1. The van der Waals surface area contributed by atoms with Crippen molar-refractivity contribution in [3.05, 3.63) is 118 Å². The van der Waals surface area contributed by atoms with E-state index in [1.165, 1.54) is 17.8 Å². The Kier molecular flexibility index (Phi) is 8.91. The fourth-order valence-corrected chi connectivity index (χ4v) is 4.66. The van der Waals surface area contributed by atoms with Crippen LogP contribution >= 0.6 is 23.4 Å². The van der Waals surface area contributed by atoms with Crippen molar-refractivity contribution < 1.29 is 18.0 Å². The molecule has 0 radical (unpaired) electrons. The van der Waals surface area contributed by atoms with Gasteiger partial charge in [-0.1, -0.05) is 78.0 Å². The van der Waals surface area contributed by atoms with Crippen molar-refractivity contribution in [2.45, 2.75) is 30.2 Å². The predicted octanol–water partition coefficient (Wildman–Crippen LogP) is 7.01. The molecule has 1 heterocycles. The van der Waals surface area contributed by atoms with Crippen LogP contribution in [-0.4, -0.2) is 22.9 Å². The lowest BCUT2D eigenvalue weighted by molar-refractivity contribution is -0.137. The zero-order valence-electron chi connectivity index (χ0n) is 20.4. The molecule has 0 aliphatic carbocycles. The van der Waals surface area contributed by atoms with Crippen molar-refractivity contribution in [1.29, 1.82) is 0 Å². The summed E-state index contributed by atoms with van der Waals surface area (Å²) in [5.41, 5.74) is 2.14. The van der Waals surface area contributed by atoms with Gasteiger partial charge in [-0.2, -0.15) is 13.2 Å². The Balaban J connectivity index is 1.32. The van der Waals surface area contributed by atoms with E-state index >= 15 is 0 Å². The first kappa shape index (κ1) is 27.5. The minimum atomic E-state index is -4.43. The van der Waals surface area contributed by atoms with Gasteiger partial charge in [-0.05, 0) is 41.0 Å². The molecule has 10 heteroatoms. The van der Waals surface area contributed by atoms with E-state index < -0.39 is 11.7 Å². The third kappa shape index (κ3) is 7.72. The molecule has 4 aromatic rings. The van der Waals surface area contributed by atoms with Crippen molar-refractivity contribution in [1.82, 2.24) is 15.3 Å². The van der Waals surface area contributed by atoms with Gasteiger partial charge in [-0.15, -0.1) is 0 Å². The van der Waals surface area contributed by atoms with E-state index in [1.807, 2.05) is 54.4 Å². The standard InChI is InChI=1S/C28H24ClF3N4OS/c1-36(17-19-6-3-2-4-7-19)25-15-24(29)34-27(35-25)38-18-20-10-12-22(13-11-20)26(37)33-16-21-8-5-9-23(14-21)28(30,31)32/h2-15H,16-18H2,1H3,(H,33,37). The maximum atomic E-state index is 12.9. The van der Waals surface area contributed by atoms with E-state index in [-0.39, 0.29) is 12.5 Å². The normalized spacial score (nSPS) is 11.3. The van der Waals surface area contributed by atoms with Gasteiger partial charge >= 0.3 is 6.18 Å². The molecule has 0 spiro atoms. The summed E-state index contributed by atoms with van der Waals surface area (Å²) in [7, 11) is 1.94. The smallest absolute Gasteiger partial charge is 0.355 e. The number of carbonyl (C=O) groups is 1. The van der Waals surface area contributed by atoms with Gasteiger partial charge in [0.2, 0.25) is 0 Å². The first-order valence-electron chi connectivity index (χ1n) is 11.6. The molecule has 5 nitrogen and oxygen atoms in total. The number of nitrogens with zero attached hydrogens (tertiary/aromatic N) is 3. The molecular formula is C28H24ClF3N4OS. The molecule has 0 fully saturated rings. The van der Waals surface area contributed by atoms with Crippen LogP contribution in [0.3, 0.4) is 0 Å². The monoisotopic (exact) mass is 556 g/mol. The van der Waals surface area contributed by atoms with E-state index in [1.54, 1.807) is 24.3 Å². The number of rotatable bonds is 9. The van der Waals surface area contributed by atoms with Crippen LogP contribution in [0.5, 0.6) is 0 Å². The molecule has 4 rings (SSSR count). The quantitative estimate of drug-likeness (QED) is 0.136. The number of thioether (sulfide) groups is 1. The zero-order chi connectivity index (χ0) is 27.1. The van der Waals surface area contributed by atoms with E-state index in [0.717, 1.165) is 23.3 Å². The number of alkyl halides is 3. The Labute approximate surface area is 228 Å². The largest absolute Gasteiger partial charge is 0.416 e. The van der Waals surface area contributed by atoms with Gasteiger partial charge in [-0.25, -0.2) is 9.97 Å². The number of halogens is 4. The molecule has 38 heavy (non-hydrogen) atoms. The second kappa shape index (κ2) is 12.3. The number of anilines is 1. The number of carbonyl (C=O) groups excluding carboxylic acids is 1. The summed E-state index contributed by atoms with van der Waals surface area (Å²) >= 11 is 7.67. The molecule has 196 valence electrons. The van der Waals surface area contributed by atoms with Gasteiger partial charge in [0.25, 0.3) is 5.91 Å². The van der Waals surface area contributed by atoms with Crippen molar-refractivity contribution in [3.63, 3.8) is 0 Å². The van der Waals surface area contributed by atoms with Gasteiger partial charge < -0.3 is 10.2 Å². The number of benzene rings is 3. The predicted molar refractivity (Wildman–Crippen MR) is 144 cm³/mol. The number of hydrogen-bond acceptors (Lipinski definition) is 5. The van der Waals surface area contributed by atoms with E-state index in [4.69, 9.17) is 11.6 Å². The average molecular weight is 557 g/mol. The summed E-state index contributed by atoms with van der Waals surface area (Å²) in [6, 6.07) is 23.6. The van der Waals surface area contributed by atoms with Crippen LogP contribution < -0.4 is 10.2 Å². The fraction of sp³-hybridized carbons (Fsp3) is 0.179. The molecule has 0 aliphatic heterocycles. The average Bonchev–Trinajstić information content (AvgIpc) is 2.91. The number of amides is 1. The molecule has 0 unspecified atom stereocenters. The van der Waals surface area contributed by atoms with Crippen LogP contribution in [0.25, 0.3) is 0 Å². The van der Waals surface area contributed by atoms with Crippen LogP contribution in [0.2, 0.25) is 5.15 Å². The molecule has 0 saturated carbocycles. The van der Waals surface area contributed by atoms with Crippen molar-refractivity contribution >= 4 is 35.1 Å². The third-order valence-corrected chi connectivity index (χ3v) is 6.72. The van der Waals surface area contributed by atoms with Crippen molar-refractivity contribution in [2.75, 3.05) is 11.9 Å². The highest BCUT2D eigenvalue weighted by molar-refractivity contribution is 7.98. The van der Waals surface area contributed by atoms with Crippen LogP contribution in [0.1, 0.15) is 32.6 Å². The summed E-state index contributed by atoms with van der Waals surface area (Å²) in [6.45, 7) is 0.670. The van der Waals surface area contributed by atoms with Crippen LogP contribution in [0, 0.1) is 0 Å². The van der Waals surface area contributed by atoms with Crippen LogP contribution in [-0.2, 0) is 25.0 Å². The minimum absolute atomic E-state index is 0.00643. The molecule has 1 aromatic heterocycles. The van der Waals surface area contributed by atoms with Gasteiger partial charge in [0.15, 0.2) is 5.16 Å². The minimum Gasteiger partial charge on any atom is -0.355 e. The summed E-state index contributed by atoms with van der Waals surface area (Å²) in [6.07, 6.45) is -4.43. The van der Waals surface area contributed by atoms with Gasteiger partial charge in [0, 0.05) is 37.5 Å². The Hall–Kier alpha value is -3.56. The maximum Gasteiger partial charge on any atom is 0.416 e. The molecule has 1 amide bonds. The lowest BCUT2D eigenvalue weighted by Gasteiger charge is -2.19. The van der Waals surface area contributed by atoms with Crippen LogP contribution in [0.15, 0.2) is 90.1 Å². The molecule has 0 bridgehead atoms. The SMILES string of the molecule is CN(Cc1ccccc1)c1cc(Cl)nc(SCc2ccc(C(=O)NCc3cccc(C(F)(F)F)c3)cc2)n1. The Morgan fingerprint density at radius 3 is 2.34 bits per heavy atom. The molecule has 0 saturated heterocycles. The summed E-state index contributed by atoms with van der Waals surface area (Å²) < 4.78 is 38.7. The summed E-state index contributed by atoms with van der Waals surface area (Å²) in [4.78, 5) is 23.4. The highest BCUT2D eigenvalue weighted by atomic mass is 35.5. The van der Waals surface area contributed by atoms with Crippen molar-refractivity contribution in [3.8, 4) is 0 Å². The molecule has 3 aromatic carbocycles. The zero-order valence-corrected chi connectivity index (χ0v) is 21.9. The van der Waals surface area contributed by atoms with Gasteiger partial charge in [-0.3, -0.25) is 4.79 Å². The van der Waals surface area contributed by atoms with E-state index in [9.17, 15) is 18.0 Å². The lowest BCUT2D eigenvalue weighted by Crippen LogP contribution is -2.23. The first-order chi connectivity index (χ1) is 18.2. The Morgan fingerprint density at radius 1 is 0.921 bits per heavy atom. The topological polar surface area (TPSA) is 58.1 Å². The van der Waals surface area contributed by atoms with E-state index in [2.05, 4.69) is 15.3 Å². The van der Waals surface area contributed by atoms with Gasteiger partial charge in [0.1, 0.15) is 11.0 Å². The Bertz CT molecular complexity index is 1390. The fourth-order valence-electron chi connectivity index (χ4n) is 3.63. The Morgan fingerprint density at radius 2 is 1.63 bits per heavy atom. The second-order valence-corrected chi connectivity index (χ2v) is 9.87. The molecule has 0 aliphatic rings. The first-order valence-corrected chi connectivity index (χ1v) is 13.0. The van der Waals surface area contributed by atoms with Gasteiger partial charge in [0.05, 0.1) is 5.56 Å². The number of aromatic nitrogens is 2. The number of hydrogen-bond donors (Lipinski definition) is 1. The van der Waals surface area contributed by atoms with Crippen molar-refractivity contribution in [2.24, 2.45) is 0 Å². The maximum absolute atomic E-state index is 12.9. The number of nitrogens with one attached hydrogen (secondary N) is 1. The highest BCUT2D eigenvalue weighted by Crippen LogP contribution is 2.29. The summed E-state index contributed by atoms with van der Waals surface area (Å²) in [5.74, 6) is 0.906. The third-order valence-electron chi connectivity index (χ3n) is 5.61. The highest BCUT2D eigenvalue weighted by Gasteiger charge is 2.30. The molecule has 1 N–H and O–H groups in total. The second-order valence-electron chi connectivity index (χ2n) is 8.54. The molecule has 0 atom stereocenters.